The van der Waals surface area contributed by atoms with E-state index in [1.54, 1.807) is 6.92 Å². The fraction of sp³-hybridized carbons (Fsp3) is 0.579. The third kappa shape index (κ3) is 1.75. The van der Waals surface area contributed by atoms with Crippen molar-refractivity contribution in [3.63, 3.8) is 0 Å². The molecule has 9 atom stereocenters. The average molecular weight is 370 g/mol. The molecule has 140 valence electrons. The molecule has 0 N–H and O–H groups in total. The van der Waals surface area contributed by atoms with Crippen LogP contribution in [0.1, 0.15) is 6.92 Å². The zero-order valence-electron chi connectivity index (χ0n) is 14.6. The van der Waals surface area contributed by atoms with Crippen molar-refractivity contribution in [2.24, 2.45) is 23.7 Å². The van der Waals surface area contributed by atoms with Gasteiger partial charge in [0.15, 0.2) is 0 Å². The van der Waals surface area contributed by atoms with Crippen molar-refractivity contribution in [2.75, 3.05) is 6.54 Å². The van der Waals surface area contributed by atoms with Crippen LogP contribution in [0.2, 0.25) is 0 Å². The Hall–Kier alpha value is -2.32. The van der Waals surface area contributed by atoms with E-state index in [1.165, 1.54) is 9.80 Å². The Morgan fingerprint density at radius 2 is 1.11 bits per heavy atom. The van der Waals surface area contributed by atoms with E-state index in [0.29, 0.717) is 0 Å². The standard InChI is InChI=1S/C19H18N2O6/c1-7(21-18(24)14-10-4-5-11(27-10)15(14)19(21)25)6-20-16(22)12-8-2-3-9(26-8)13(12)17(20)23/h2-5,7-15H,6H2,1H3. The SMILES string of the molecule is CC(CN1C(=O)C2C3C=CC(O3)C2C1=O)N1C(=O)C2C3C=CC(O3)C2C1=O. The van der Waals surface area contributed by atoms with Gasteiger partial charge in [0, 0.05) is 6.54 Å². The normalized spacial score (nSPS) is 47.0. The van der Waals surface area contributed by atoms with Gasteiger partial charge in [-0.3, -0.25) is 29.0 Å². The van der Waals surface area contributed by atoms with Crippen molar-refractivity contribution in [3.05, 3.63) is 24.3 Å². The van der Waals surface area contributed by atoms with Crippen LogP contribution in [-0.4, -0.2) is 70.4 Å². The van der Waals surface area contributed by atoms with Gasteiger partial charge in [-0.15, -0.1) is 0 Å². The lowest BCUT2D eigenvalue weighted by Gasteiger charge is -2.28. The molecule has 0 aliphatic carbocycles. The van der Waals surface area contributed by atoms with Gasteiger partial charge in [-0.1, -0.05) is 24.3 Å². The minimum absolute atomic E-state index is 0.0324. The van der Waals surface area contributed by atoms with Crippen LogP contribution < -0.4 is 0 Å². The van der Waals surface area contributed by atoms with E-state index in [1.807, 2.05) is 24.3 Å². The van der Waals surface area contributed by atoms with E-state index in [9.17, 15) is 19.2 Å². The zero-order valence-corrected chi connectivity index (χ0v) is 14.6. The van der Waals surface area contributed by atoms with Gasteiger partial charge < -0.3 is 9.47 Å². The van der Waals surface area contributed by atoms with E-state index in [0.717, 1.165) is 0 Å². The molecule has 0 aromatic rings. The lowest BCUT2D eigenvalue weighted by molar-refractivity contribution is -0.150. The molecule has 8 nitrogen and oxygen atoms in total. The Kier molecular flexibility index (Phi) is 2.87. The second-order valence-corrected chi connectivity index (χ2v) is 8.19. The summed E-state index contributed by atoms with van der Waals surface area (Å²) in [6, 6.07) is -0.562. The highest BCUT2D eigenvalue weighted by atomic mass is 16.5. The van der Waals surface area contributed by atoms with Gasteiger partial charge >= 0.3 is 0 Å². The van der Waals surface area contributed by atoms with Gasteiger partial charge in [0.2, 0.25) is 23.6 Å². The van der Waals surface area contributed by atoms with E-state index < -0.39 is 29.7 Å². The molecule has 6 aliphatic heterocycles. The minimum atomic E-state index is -0.562. The van der Waals surface area contributed by atoms with Gasteiger partial charge in [0.1, 0.15) is 0 Å². The summed E-state index contributed by atoms with van der Waals surface area (Å²) in [7, 11) is 0. The molecule has 0 aromatic carbocycles. The summed E-state index contributed by atoms with van der Waals surface area (Å²) < 4.78 is 11.3. The van der Waals surface area contributed by atoms with Crippen LogP contribution in [0.15, 0.2) is 24.3 Å². The van der Waals surface area contributed by atoms with Crippen LogP contribution in [0.25, 0.3) is 0 Å². The lowest BCUT2D eigenvalue weighted by atomic mass is 9.85. The monoisotopic (exact) mass is 370 g/mol. The van der Waals surface area contributed by atoms with Crippen LogP contribution in [0.4, 0.5) is 0 Å². The zero-order chi connectivity index (χ0) is 18.6. The molecule has 4 fully saturated rings. The Bertz CT molecular complexity index is 804. The first-order chi connectivity index (χ1) is 13.0. The quantitative estimate of drug-likeness (QED) is 0.480. The molecule has 27 heavy (non-hydrogen) atoms. The number of hydrogen-bond acceptors (Lipinski definition) is 6. The Labute approximate surface area is 154 Å². The van der Waals surface area contributed by atoms with Crippen molar-refractivity contribution in [1.29, 1.82) is 0 Å². The van der Waals surface area contributed by atoms with Crippen LogP contribution in [0.5, 0.6) is 0 Å². The predicted molar refractivity (Wildman–Crippen MR) is 87.6 cm³/mol. The van der Waals surface area contributed by atoms with Gasteiger partial charge in [0.05, 0.1) is 54.1 Å². The first-order valence-corrected chi connectivity index (χ1v) is 9.37. The number of imide groups is 2. The first kappa shape index (κ1) is 15.7. The van der Waals surface area contributed by atoms with Crippen molar-refractivity contribution >= 4 is 23.6 Å². The van der Waals surface area contributed by atoms with E-state index >= 15 is 0 Å². The maximum atomic E-state index is 12.8. The highest BCUT2D eigenvalue weighted by molar-refractivity contribution is 6.08. The molecular weight excluding hydrogens is 352 g/mol. The van der Waals surface area contributed by atoms with Crippen LogP contribution in [0, 0.1) is 23.7 Å². The maximum absolute atomic E-state index is 12.8. The van der Waals surface area contributed by atoms with Gasteiger partial charge in [-0.05, 0) is 6.92 Å². The molecule has 0 saturated carbocycles. The third-order valence-corrected chi connectivity index (χ3v) is 6.83. The van der Waals surface area contributed by atoms with Crippen molar-refractivity contribution < 1.29 is 28.7 Å². The number of likely N-dealkylation sites (tertiary alicyclic amines) is 2. The molecule has 0 radical (unpaired) electrons. The van der Waals surface area contributed by atoms with E-state index in [2.05, 4.69) is 0 Å². The summed E-state index contributed by atoms with van der Waals surface area (Å²) in [6.45, 7) is 1.75. The molecule has 4 bridgehead atoms. The predicted octanol–water partition coefficient (Wildman–Crippen LogP) is -0.748. The summed E-state index contributed by atoms with van der Waals surface area (Å²) in [5.74, 6) is -2.97. The second-order valence-electron chi connectivity index (χ2n) is 8.19. The summed E-state index contributed by atoms with van der Waals surface area (Å²) in [5, 5.41) is 0. The number of carbonyl (C=O) groups is 4. The number of ether oxygens (including phenoxy) is 2. The van der Waals surface area contributed by atoms with Crippen LogP contribution >= 0.6 is 0 Å². The summed E-state index contributed by atoms with van der Waals surface area (Å²) in [4.78, 5) is 53.7. The highest BCUT2D eigenvalue weighted by Crippen LogP contribution is 2.47. The van der Waals surface area contributed by atoms with E-state index in [4.69, 9.17) is 9.47 Å². The Morgan fingerprint density at radius 1 is 0.741 bits per heavy atom. The molecular formula is C19H18N2O6. The number of rotatable bonds is 3. The number of hydrogen-bond donors (Lipinski definition) is 0. The molecule has 4 amide bonds. The number of nitrogens with zero attached hydrogens (tertiary/aromatic N) is 2. The van der Waals surface area contributed by atoms with Crippen LogP contribution in [-0.2, 0) is 28.7 Å². The molecule has 8 heteroatoms. The number of fused-ring (bicyclic) bond motifs is 10. The summed E-state index contributed by atoms with van der Waals surface area (Å²) >= 11 is 0. The van der Waals surface area contributed by atoms with Gasteiger partial charge in [-0.2, -0.15) is 0 Å². The van der Waals surface area contributed by atoms with Crippen molar-refractivity contribution in [3.8, 4) is 0 Å². The topological polar surface area (TPSA) is 93.2 Å². The van der Waals surface area contributed by atoms with Crippen molar-refractivity contribution in [2.45, 2.75) is 37.4 Å². The van der Waals surface area contributed by atoms with Crippen molar-refractivity contribution in [1.82, 2.24) is 9.80 Å². The minimum Gasteiger partial charge on any atom is -0.365 e. The molecule has 4 saturated heterocycles. The van der Waals surface area contributed by atoms with E-state index in [-0.39, 0.29) is 54.6 Å². The fourth-order valence-electron chi connectivity index (χ4n) is 5.65. The Balaban J connectivity index is 1.23. The fourth-order valence-corrected chi connectivity index (χ4v) is 5.65. The van der Waals surface area contributed by atoms with Gasteiger partial charge in [0.25, 0.3) is 0 Å². The molecule has 6 aliphatic rings. The number of amides is 4. The van der Waals surface area contributed by atoms with Gasteiger partial charge in [-0.25, -0.2) is 0 Å². The molecule has 6 rings (SSSR count). The molecule has 6 heterocycles. The highest BCUT2D eigenvalue weighted by Gasteiger charge is 2.63. The van der Waals surface area contributed by atoms with Crippen LogP contribution in [0.3, 0.4) is 0 Å². The second kappa shape index (κ2) is 4.94. The largest absolute Gasteiger partial charge is 0.365 e. The molecule has 0 spiro atoms. The lowest BCUT2D eigenvalue weighted by Crippen LogP contribution is -2.49. The average Bonchev–Trinajstić information content (AvgIpc) is 3.45. The summed E-state index contributed by atoms with van der Waals surface area (Å²) in [5.41, 5.74) is 0. The number of carbonyl (C=O) groups excluding carboxylic acids is 4. The third-order valence-electron chi connectivity index (χ3n) is 6.83. The first-order valence-electron chi connectivity index (χ1n) is 9.37. The summed E-state index contributed by atoms with van der Waals surface area (Å²) in [6.07, 6.45) is 5.97. The Morgan fingerprint density at radius 3 is 1.52 bits per heavy atom. The molecule has 0 aromatic heterocycles. The smallest absolute Gasteiger partial charge is 0.236 e. The maximum Gasteiger partial charge on any atom is 0.236 e. The molecule has 9 unspecified atom stereocenters.